The molecular formula is C54H56N4. The van der Waals surface area contributed by atoms with Gasteiger partial charge >= 0.3 is 0 Å². The van der Waals surface area contributed by atoms with Crippen molar-refractivity contribution in [1.29, 1.82) is 5.26 Å². The number of nitriles is 1. The van der Waals surface area contributed by atoms with Gasteiger partial charge in [-0.15, -0.1) is 0 Å². The van der Waals surface area contributed by atoms with E-state index in [0.717, 1.165) is 74.1 Å². The van der Waals surface area contributed by atoms with Crippen LogP contribution in [0.2, 0.25) is 0 Å². The van der Waals surface area contributed by atoms with Gasteiger partial charge in [-0.1, -0.05) is 131 Å². The first-order chi connectivity index (χ1) is 28.2. The molecule has 0 amide bonds. The second-order valence-electron chi connectivity index (χ2n) is 19.7. The lowest BCUT2D eigenvalue weighted by Gasteiger charge is -2.50. The Morgan fingerprint density at radius 3 is 1.24 bits per heavy atom. The molecule has 0 aliphatic heterocycles. The van der Waals surface area contributed by atoms with E-state index in [1.807, 2.05) is 24.3 Å². The molecule has 2 unspecified atom stereocenters. The molecule has 4 aliphatic rings. The molecule has 4 bridgehead atoms. The molecule has 0 N–H and O–H groups in total. The van der Waals surface area contributed by atoms with Crippen LogP contribution in [0.15, 0.2) is 109 Å². The number of aromatic nitrogens is 3. The summed E-state index contributed by atoms with van der Waals surface area (Å²) in [4.78, 5) is 15.6. The van der Waals surface area contributed by atoms with Crippen molar-refractivity contribution in [1.82, 2.24) is 15.0 Å². The van der Waals surface area contributed by atoms with Crippen LogP contribution >= 0.6 is 0 Å². The number of nitrogens with zero attached hydrogens (tertiary/aromatic N) is 4. The molecule has 4 fully saturated rings. The van der Waals surface area contributed by atoms with Gasteiger partial charge in [0, 0.05) is 22.1 Å². The van der Waals surface area contributed by atoms with E-state index in [9.17, 15) is 5.26 Å². The van der Waals surface area contributed by atoms with Gasteiger partial charge in [-0.3, -0.25) is 0 Å². The van der Waals surface area contributed by atoms with Gasteiger partial charge in [-0.2, -0.15) is 5.26 Å². The summed E-state index contributed by atoms with van der Waals surface area (Å²) in [6, 6.07) is 41.7. The van der Waals surface area contributed by atoms with Crippen LogP contribution in [0.1, 0.15) is 109 Å². The van der Waals surface area contributed by atoms with Crippen molar-refractivity contribution in [3.05, 3.63) is 126 Å². The van der Waals surface area contributed by atoms with Gasteiger partial charge in [0.1, 0.15) is 0 Å². The minimum atomic E-state index is 0.281. The Labute approximate surface area is 345 Å². The molecule has 4 heteroatoms. The molecule has 4 saturated carbocycles. The van der Waals surface area contributed by atoms with E-state index < -0.39 is 0 Å². The first kappa shape index (κ1) is 37.2. The van der Waals surface area contributed by atoms with Crippen molar-refractivity contribution in [3.63, 3.8) is 0 Å². The quantitative estimate of drug-likeness (QED) is 0.170. The van der Waals surface area contributed by atoms with E-state index in [2.05, 4.69) is 119 Å². The number of fused-ring (bicyclic) bond motifs is 5. The summed E-state index contributed by atoms with van der Waals surface area (Å²) in [5.74, 6) is 6.90. The van der Waals surface area contributed by atoms with Crippen LogP contribution < -0.4 is 0 Å². The van der Waals surface area contributed by atoms with Crippen LogP contribution in [-0.2, 0) is 10.8 Å². The first-order valence-corrected chi connectivity index (χ1v) is 22.2. The Morgan fingerprint density at radius 1 is 0.448 bits per heavy atom. The molecule has 0 spiro atoms. The van der Waals surface area contributed by atoms with Crippen molar-refractivity contribution < 1.29 is 0 Å². The molecule has 5 aromatic carbocycles. The SMILES string of the molecule is C[C@@H]1C[C@@H]2C[C@H](C)CC(c3ccc(-c4nc(-c5ccc(-c6ccc(C#N)c7ccccc67)cc5)nc(-c5ccc(C67C[C@H](C)C[C@H](C[C@H](C)C6)C7)cc5)n4)cc3)(C1)C2. The third-order valence-corrected chi connectivity index (χ3v) is 14.9. The fraction of sp³-hybridized carbons (Fsp3) is 0.407. The first-order valence-electron chi connectivity index (χ1n) is 22.2. The molecule has 10 rings (SSSR count). The van der Waals surface area contributed by atoms with Crippen LogP contribution in [0.25, 0.3) is 56.1 Å². The summed E-state index contributed by atoms with van der Waals surface area (Å²) in [5.41, 5.74) is 9.45. The Morgan fingerprint density at radius 2 is 0.828 bits per heavy atom. The van der Waals surface area contributed by atoms with E-state index in [1.165, 1.54) is 75.3 Å². The summed E-state index contributed by atoms with van der Waals surface area (Å²) in [6.45, 7) is 9.86. The molecular weight excluding hydrogens is 705 g/mol. The highest BCUT2D eigenvalue weighted by Gasteiger charge is 2.46. The summed E-state index contributed by atoms with van der Waals surface area (Å²) < 4.78 is 0. The van der Waals surface area contributed by atoms with Crippen LogP contribution in [0.5, 0.6) is 0 Å². The highest BCUT2D eigenvalue weighted by atomic mass is 15.0. The minimum Gasteiger partial charge on any atom is -0.208 e. The predicted molar refractivity (Wildman–Crippen MR) is 237 cm³/mol. The Hall–Kier alpha value is -5.14. The average molecular weight is 761 g/mol. The molecule has 8 atom stereocenters. The van der Waals surface area contributed by atoms with Crippen molar-refractivity contribution in [3.8, 4) is 51.4 Å². The average Bonchev–Trinajstić information content (AvgIpc) is 3.22. The fourth-order valence-corrected chi connectivity index (χ4v) is 13.3. The normalized spacial score (nSPS) is 29.2. The molecule has 292 valence electrons. The molecule has 4 aliphatic carbocycles. The van der Waals surface area contributed by atoms with Crippen LogP contribution in [-0.4, -0.2) is 15.0 Å². The second-order valence-corrected chi connectivity index (χ2v) is 19.7. The van der Waals surface area contributed by atoms with E-state index in [0.29, 0.717) is 23.0 Å². The summed E-state index contributed by atoms with van der Waals surface area (Å²) >= 11 is 0. The van der Waals surface area contributed by atoms with Gasteiger partial charge in [0.05, 0.1) is 11.6 Å². The largest absolute Gasteiger partial charge is 0.208 e. The third-order valence-electron chi connectivity index (χ3n) is 14.9. The maximum Gasteiger partial charge on any atom is 0.164 e. The molecule has 1 heterocycles. The van der Waals surface area contributed by atoms with Gasteiger partial charge in [0.25, 0.3) is 0 Å². The van der Waals surface area contributed by atoms with Gasteiger partial charge in [0.2, 0.25) is 0 Å². The van der Waals surface area contributed by atoms with Crippen molar-refractivity contribution in [2.45, 2.75) is 103 Å². The fourth-order valence-electron chi connectivity index (χ4n) is 13.3. The van der Waals surface area contributed by atoms with Crippen molar-refractivity contribution in [2.24, 2.45) is 35.5 Å². The monoisotopic (exact) mass is 760 g/mol. The highest BCUT2D eigenvalue weighted by Crippen LogP contribution is 2.55. The molecule has 58 heavy (non-hydrogen) atoms. The third kappa shape index (κ3) is 6.75. The Bertz CT molecular complexity index is 2370. The van der Waals surface area contributed by atoms with Gasteiger partial charge in [-0.25, -0.2) is 15.0 Å². The maximum atomic E-state index is 9.75. The molecule has 0 radical (unpaired) electrons. The topological polar surface area (TPSA) is 62.5 Å². The van der Waals surface area contributed by atoms with E-state index in [-0.39, 0.29) is 10.8 Å². The Balaban J connectivity index is 1.03. The molecule has 4 nitrogen and oxygen atoms in total. The summed E-state index contributed by atoms with van der Waals surface area (Å²) in [5, 5.41) is 11.8. The predicted octanol–water partition coefficient (Wildman–Crippen LogP) is 13.8. The summed E-state index contributed by atoms with van der Waals surface area (Å²) in [7, 11) is 0. The molecule has 6 aromatic rings. The van der Waals surface area contributed by atoms with Crippen molar-refractivity contribution >= 4 is 10.8 Å². The van der Waals surface area contributed by atoms with Crippen LogP contribution in [0, 0.1) is 46.8 Å². The number of hydrogen-bond acceptors (Lipinski definition) is 4. The van der Waals surface area contributed by atoms with Gasteiger partial charge < -0.3 is 0 Å². The van der Waals surface area contributed by atoms with Crippen molar-refractivity contribution in [2.75, 3.05) is 0 Å². The smallest absolute Gasteiger partial charge is 0.164 e. The van der Waals surface area contributed by atoms with E-state index in [4.69, 9.17) is 15.0 Å². The number of rotatable bonds is 6. The highest BCUT2D eigenvalue weighted by molar-refractivity contribution is 5.99. The number of hydrogen-bond donors (Lipinski definition) is 0. The number of benzene rings is 5. The van der Waals surface area contributed by atoms with E-state index >= 15 is 0 Å². The van der Waals surface area contributed by atoms with Crippen LogP contribution in [0.4, 0.5) is 0 Å². The van der Waals surface area contributed by atoms with E-state index in [1.54, 1.807) is 0 Å². The molecule has 0 saturated heterocycles. The zero-order chi connectivity index (χ0) is 39.6. The van der Waals surface area contributed by atoms with Gasteiger partial charge in [-0.05, 0) is 144 Å². The lowest BCUT2D eigenvalue weighted by Crippen LogP contribution is -2.42. The summed E-state index contributed by atoms with van der Waals surface area (Å²) in [6.07, 6.45) is 13.3. The standard InChI is InChI=1S/C54H56N4/c1-34-23-38-24-35(2)28-53(27-34,31-38)45-18-13-42(14-19-45)51-56-50(41-11-9-40(10-12-41)48-22-17-44(33-55)47-7-5-6-8-49(47)48)57-52(58-51)43-15-20-46(21-16-43)54-29-36(3)25-39(32-54)26-37(4)30-54/h5-22,34-39H,23-32H2,1-4H3/t34-,35+,36-,37+,38-,39-,53?,54?. The maximum absolute atomic E-state index is 9.75. The minimum absolute atomic E-state index is 0.281. The zero-order valence-corrected chi connectivity index (χ0v) is 34.7. The van der Waals surface area contributed by atoms with Crippen LogP contribution in [0.3, 0.4) is 0 Å². The Kier molecular flexibility index (Phi) is 9.35. The lowest BCUT2D eigenvalue weighted by atomic mass is 9.54. The lowest BCUT2D eigenvalue weighted by molar-refractivity contribution is 0.0779. The zero-order valence-electron chi connectivity index (χ0n) is 34.7. The molecule has 1 aromatic heterocycles. The second kappa shape index (κ2) is 14.6. The van der Waals surface area contributed by atoms with Gasteiger partial charge in [0.15, 0.2) is 17.5 Å².